The second kappa shape index (κ2) is 5.32. The third kappa shape index (κ3) is 2.36. The summed E-state index contributed by atoms with van der Waals surface area (Å²) < 4.78 is 5.12. The topological polar surface area (TPSA) is 62.3 Å². The molecule has 1 atom stereocenters. The van der Waals surface area contributed by atoms with Crippen LogP contribution in [0.4, 0.5) is 0 Å². The first-order chi connectivity index (χ1) is 10.2. The molecule has 3 aromatic rings. The van der Waals surface area contributed by atoms with E-state index in [-0.39, 0.29) is 0 Å². The Morgan fingerprint density at radius 3 is 2.52 bits per heavy atom. The standard InChI is InChI=1S/C17H15NO3/c1-21-12-8-6-11(7-9-12)16(17(19)20)14-10-18-15-5-3-2-4-13(14)15/h2-10,16,18H,1H3,(H,19,20). The number of H-pyrrole nitrogens is 1. The Morgan fingerprint density at radius 2 is 1.86 bits per heavy atom. The smallest absolute Gasteiger partial charge is 0.315 e. The number of aliphatic carboxylic acids is 1. The van der Waals surface area contributed by atoms with Gasteiger partial charge < -0.3 is 14.8 Å². The Bertz CT molecular complexity index is 774. The summed E-state index contributed by atoms with van der Waals surface area (Å²) in [7, 11) is 1.59. The average Bonchev–Trinajstić information content (AvgIpc) is 2.92. The molecule has 0 radical (unpaired) electrons. The van der Waals surface area contributed by atoms with Gasteiger partial charge in [0.25, 0.3) is 0 Å². The zero-order valence-corrected chi connectivity index (χ0v) is 11.5. The number of carboxylic acids is 1. The molecule has 1 aromatic heterocycles. The lowest BCUT2D eigenvalue weighted by molar-refractivity contribution is -0.137. The Balaban J connectivity index is 2.11. The minimum Gasteiger partial charge on any atom is -0.497 e. The van der Waals surface area contributed by atoms with Crippen molar-refractivity contribution in [2.75, 3.05) is 7.11 Å². The lowest BCUT2D eigenvalue weighted by atomic mass is 9.91. The van der Waals surface area contributed by atoms with Gasteiger partial charge in [0, 0.05) is 17.1 Å². The molecule has 0 aliphatic carbocycles. The monoisotopic (exact) mass is 281 g/mol. The first-order valence-corrected chi connectivity index (χ1v) is 6.63. The molecular weight excluding hydrogens is 266 g/mol. The minimum atomic E-state index is -0.870. The second-order valence-corrected chi connectivity index (χ2v) is 4.83. The molecule has 1 unspecified atom stereocenters. The van der Waals surface area contributed by atoms with E-state index in [1.165, 1.54) is 0 Å². The predicted octanol–water partition coefficient (Wildman–Crippen LogP) is 3.39. The number of methoxy groups -OCH3 is 1. The summed E-state index contributed by atoms with van der Waals surface area (Å²) >= 11 is 0. The number of hydrogen-bond acceptors (Lipinski definition) is 2. The van der Waals surface area contributed by atoms with Crippen LogP contribution in [-0.2, 0) is 4.79 Å². The maximum absolute atomic E-state index is 11.8. The highest BCUT2D eigenvalue weighted by Gasteiger charge is 2.24. The van der Waals surface area contributed by atoms with Gasteiger partial charge in [-0.2, -0.15) is 0 Å². The van der Waals surface area contributed by atoms with Crippen molar-refractivity contribution in [2.24, 2.45) is 0 Å². The molecule has 2 aromatic carbocycles. The van der Waals surface area contributed by atoms with Crippen LogP contribution in [0.25, 0.3) is 10.9 Å². The average molecular weight is 281 g/mol. The largest absolute Gasteiger partial charge is 0.497 e. The molecular formula is C17H15NO3. The Labute approximate surface area is 122 Å². The number of hydrogen-bond donors (Lipinski definition) is 2. The number of fused-ring (bicyclic) bond motifs is 1. The maximum Gasteiger partial charge on any atom is 0.315 e. The van der Waals surface area contributed by atoms with Crippen LogP contribution in [0.15, 0.2) is 54.7 Å². The maximum atomic E-state index is 11.8. The minimum absolute atomic E-state index is 0.702. The van der Waals surface area contributed by atoms with Crippen LogP contribution >= 0.6 is 0 Å². The first-order valence-electron chi connectivity index (χ1n) is 6.63. The molecule has 21 heavy (non-hydrogen) atoms. The fourth-order valence-electron chi connectivity index (χ4n) is 2.58. The zero-order chi connectivity index (χ0) is 14.8. The molecule has 4 nitrogen and oxygen atoms in total. The number of para-hydroxylation sites is 1. The van der Waals surface area contributed by atoms with E-state index in [1.807, 2.05) is 24.3 Å². The van der Waals surface area contributed by atoms with Crippen molar-refractivity contribution in [3.63, 3.8) is 0 Å². The molecule has 0 saturated heterocycles. The molecule has 0 spiro atoms. The molecule has 0 amide bonds. The Morgan fingerprint density at radius 1 is 1.14 bits per heavy atom. The number of rotatable bonds is 4. The molecule has 2 N–H and O–H groups in total. The van der Waals surface area contributed by atoms with Crippen molar-refractivity contribution in [3.8, 4) is 5.75 Å². The zero-order valence-electron chi connectivity index (χ0n) is 11.5. The van der Waals surface area contributed by atoms with Crippen molar-refractivity contribution in [2.45, 2.75) is 5.92 Å². The number of aromatic nitrogens is 1. The van der Waals surface area contributed by atoms with E-state index in [2.05, 4.69) is 4.98 Å². The summed E-state index contributed by atoms with van der Waals surface area (Å²) in [5, 5.41) is 10.6. The van der Waals surface area contributed by atoms with Gasteiger partial charge in [0.05, 0.1) is 7.11 Å². The van der Waals surface area contributed by atoms with Crippen LogP contribution < -0.4 is 4.74 Å². The lowest BCUT2D eigenvalue weighted by Gasteiger charge is -2.13. The number of carbonyl (C=O) groups is 1. The molecule has 0 aliphatic rings. The molecule has 0 fully saturated rings. The molecule has 0 bridgehead atoms. The van der Waals surface area contributed by atoms with Gasteiger partial charge in [-0.3, -0.25) is 4.79 Å². The molecule has 0 saturated carbocycles. The van der Waals surface area contributed by atoms with E-state index in [9.17, 15) is 9.90 Å². The summed E-state index contributed by atoms with van der Waals surface area (Å²) in [6.07, 6.45) is 1.77. The number of nitrogens with one attached hydrogen (secondary N) is 1. The van der Waals surface area contributed by atoms with Gasteiger partial charge in [0.1, 0.15) is 11.7 Å². The van der Waals surface area contributed by atoms with E-state index in [0.717, 1.165) is 22.0 Å². The number of benzene rings is 2. The van der Waals surface area contributed by atoms with Gasteiger partial charge in [-0.25, -0.2) is 0 Å². The van der Waals surface area contributed by atoms with Crippen LogP contribution in [-0.4, -0.2) is 23.2 Å². The van der Waals surface area contributed by atoms with E-state index < -0.39 is 11.9 Å². The summed E-state index contributed by atoms with van der Waals surface area (Å²) in [5.74, 6) is -0.862. The third-order valence-electron chi connectivity index (χ3n) is 3.63. The van der Waals surface area contributed by atoms with Crippen molar-refractivity contribution in [3.05, 3.63) is 65.9 Å². The van der Waals surface area contributed by atoms with Crippen molar-refractivity contribution < 1.29 is 14.6 Å². The summed E-state index contributed by atoms with van der Waals surface area (Å²) in [5.41, 5.74) is 2.43. The van der Waals surface area contributed by atoms with Crippen LogP contribution in [0.5, 0.6) is 5.75 Å². The number of aromatic amines is 1. The SMILES string of the molecule is COc1ccc(C(C(=O)O)c2c[nH]c3ccccc23)cc1. The Kier molecular flexibility index (Phi) is 3.36. The van der Waals surface area contributed by atoms with Crippen molar-refractivity contribution >= 4 is 16.9 Å². The molecule has 4 heteroatoms. The third-order valence-corrected chi connectivity index (χ3v) is 3.63. The van der Waals surface area contributed by atoms with Crippen molar-refractivity contribution in [1.29, 1.82) is 0 Å². The van der Waals surface area contributed by atoms with E-state index in [1.54, 1.807) is 37.6 Å². The van der Waals surface area contributed by atoms with Gasteiger partial charge in [-0.05, 0) is 29.3 Å². The lowest BCUT2D eigenvalue weighted by Crippen LogP contribution is -2.12. The highest BCUT2D eigenvalue weighted by atomic mass is 16.5. The quantitative estimate of drug-likeness (QED) is 0.770. The van der Waals surface area contributed by atoms with Crippen LogP contribution in [0.1, 0.15) is 17.0 Å². The molecule has 106 valence electrons. The summed E-state index contributed by atoms with van der Waals surface area (Å²) in [6, 6.07) is 14.8. The van der Waals surface area contributed by atoms with Crippen LogP contribution in [0.3, 0.4) is 0 Å². The highest BCUT2D eigenvalue weighted by Crippen LogP contribution is 2.31. The van der Waals surface area contributed by atoms with Gasteiger partial charge >= 0.3 is 5.97 Å². The van der Waals surface area contributed by atoms with Gasteiger partial charge in [0.15, 0.2) is 0 Å². The van der Waals surface area contributed by atoms with Gasteiger partial charge in [0.2, 0.25) is 0 Å². The fraction of sp³-hybridized carbons (Fsp3) is 0.118. The van der Waals surface area contributed by atoms with Gasteiger partial charge in [-0.15, -0.1) is 0 Å². The van der Waals surface area contributed by atoms with E-state index in [0.29, 0.717) is 5.75 Å². The van der Waals surface area contributed by atoms with E-state index >= 15 is 0 Å². The summed E-state index contributed by atoms with van der Waals surface area (Å²) in [6.45, 7) is 0. The normalized spacial score (nSPS) is 12.2. The second-order valence-electron chi connectivity index (χ2n) is 4.83. The van der Waals surface area contributed by atoms with Crippen molar-refractivity contribution in [1.82, 2.24) is 4.98 Å². The molecule has 1 heterocycles. The highest BCUT2D eigenvalue weighted by molar-refractivity contribution is 5.91. The van der Waals surface area contributed by atoms with Crippen LogP contribution in [0, 0.1) is 0 Å². The van der Waals surface area contributed by atoms with Gasteiger partial charge in [-0.1, -0.05) is 30.3 Å². The molecule has 0 aliphatic heterocycles. The van der Waals surface area contributed by atoms with E-state index in [4.69, 9.17) is 4.74 Å². The predicted molar refractivity (Wildman–Crippen MR) is 80.8 cm³/mol. The fourth-order valence-corrected chi connectivity index (χ4v) is 2.58. The summed E-state index contributed by atoms with van der Waals surface area (Å²) in [4.78, 5) is 14.9. The Hall–Kier alpha value is -2.75. The number of carboxylic acid groups (broad SMARTS) is 1. The molecule has 3 rings (SSSR count). The number of ether oxygens (including phenoxy) is 1. The first kappa shape index (κ1) is 13.2. The van der Waals surface area contributed by atoms with Crippen LogP contribution in [0.2, 0.25) is 0 Å².